The molecule has 8 heteroatoms. The smallest absolute Gasteiger partial charge is 0.375 e. The molecule has 0 bridgehead atoms. The van der Waals surface area contributed by atoms with Crippen molar-refractivity contribution >= 4 is 28.8 Å². The molecule has 0 radical (unpaired) electrons. The largest absolute Gasteiger partial charge is 0.431 e. The molecular weight excluding hydrogens is 279 g/mol. The lowest BCUT2D eigenvalue weighted by Gasteiger charge is -2.10. The van der Waals surface area contributed by atoms with Gasteiger partial charge in [0.25, 0.3) is 0 Å². The maximum absolute atomic E-state index is 12.6. The third kappa shape index (κ3) is 5.04. The molecule has 0 atom stereocenters. The second-order valence-corrected chi connectivity index (χ2v) is 3.94. The van der Waals surface area contributed by atoms with E-state index >= 15 is 0 Å². The van der Waals surface area contributed by atoms with Crippen LogP contribution in [-0.2, 0) is 0 Å². The quantitative estimate of drug-likeness (QED) is 0.385. The first-order valence-corrected chi connectivity index (χ1v) is 5.49. The van der Waals surface area contributed by atoms with Crippen molar-refractivity contribution in [3.05, 3.63) is 35.9 Å². The lowest BCUT2D eigenvalue weighted by atomic mass is 10.1. The van der Waals surface area contributed by atoms with Crippen molar-refractivity contribution in [2.24, 2.45) is 10.8 Å². The Balaban J connectivity index is 2.87. The average molecular weight is 289 g/mol. The van der Waals surface area contributed by atoms with E-state index in [4.69, 9.17) is 5.73 Å². The number of hydrazone groups is 1. The molecule has 0 spiro atoms. The molecule has 0 amide bonds. The molecule has 0 aliphatic carbocycles. The molecule has 0 unspecified atom stereocenters. The highest BCUT2D eigenvalue weighted by Crippen LogP contribution is 2.20. The number of benzene rings is 1. The van der Waals surface area contributed by atoms with E-state index in [1.165, 1.54) is 12.1 Å². The molecule has 1 aromatic rings. The number of nitrogens with zero attached hydrogens (tertiary/aromatic N) is 1. The summed E-state index contributed by atoms with van der Waals surface area (Å²) in [7, 11) is 0. The molecule has 0 aromatic heterocycles. The number of carbonyl (C=O) groups is 1. The van der Waals surface area contributed by atoms with Crippen molar-refractivity contribution in [3.8, 4) is 0 Å². The van der Waals surface area contributed by atoms with Crippen molar-refractivity contribution in [3.63, 3.8) is 0 Å². The van der Waals surface area contributed by atoms with Crippen molar-refractivity contribution in [1.29, 1.82) is 0 Å². The lowest BCUT2D eigenvalue weighted by Crippen LogP contribution is -2.32. The number of carbonyl (C=O) groups excluding carboxylic acids is 1. The Labute approximate surface area is 112 Å². The molecule has 0 heterocycles. The van der Waals surface area contributed by atoms with Gasteiger partial charge in [-0.1, -0.05) is 30.3 Å². The molecule has 0 aliphatic heterocycles. The molecule has 19 heavy (non-hydrogen) atoms. The first-order valence-electron chi connectivity index (χ1n) is 5.08. The van der Waals surface area contributed by atoms with E-state index in [0.29, 0.717) is 0 Å². The summed E-state index contributed by atoms with van der Waals surface area (Å²) in [5, 5.41) is 2.61. The molecule has 4 nitrogen and oxygen atoms in total. The van der Waals surface area contributed by atoms with Gasteiger partial charge in [-0.15, -0.1) is 0 Å². The van der Waals surface area contributed by atoms with E-state index in [2.05, 4.69) is 17.3 Å². The maximum atomic E-state index is 12.6. The van der Waals surface area contributed by atoms with Crippen LogP contribution in [0.1, 0.15) is 16.8 Å². The minimum atomic E-state index is -4.73. The fraction of sp³-hybridized carbons (Fsp3) is 0.182. The number of rotatable bonds is 4. The van der Waals surface area contributed by atoms with Crippen molar-refractivity contribution in [1.82, 2.24) is 5.43 Å². The molecule has 0 saturated carbocycles. The predicted octanol–water partition coefficient (Wildman–Crippen LogP) is 2.01. The zero-order valence-corrected chi connectivity index (χ0v) is 10.4. The van der Waals surface area contributed by atoms with E-state index in [9.17, 15) is 18.0 Å². The van der Waals surface area contributed by atoms with Crippen LogP contribution < -0.4 is 11.2 Å². The monoisotopic (exact) mass is 289 g/mol. The van der Waals surface area contributed by atoms with Crippen LogP contribution in [0.5, 0.6) is 0 Å². The highest BCUT2D eigenvalue weighted by Gasteiger charge is 2.37. The van der Waals surface area contributed by atoms with Crippen LogP contribution in [0, 0.1) is 0 Å². The molecular formula is C11H10F3N3OS. The predicted molar refractivity (Wildman–Crippen MR) is 68.8 cm³/mol. The Kier molecular flexibility index (Phi) is 4.99. The zero-order valence-electron chi connectivity index (χ0n) is 9.57. The standard InChI is InChI=1S/C11H10F3N3OS/c12-11(13,14)9(16-17-10(15)19)6-8(18)7-4-2-1-3-5-7/h1-5H,6H2,(H3,15,17,19)/b16-9-. The Morgan fingerprint density at radius 1 is 1.32 bits per heavy atom. The molecule has 0 fully saturated rings. The first-order chi connectivity index (χ1) is 8.80. The van der Waals surface area contributed by atoms with Gasteiger partial charge < -0.3 is 5.73 Å². The molecule has 102 valence electrons. The van der Waals surface area contributed by atoms with E-state index in [1.807, 2.05) is 5.43 Å². The number of nitrogens with two attached hydrogens (primary N) is 1. The molecule has 1 aromatic carbocycles. The second-order valence-electron chi connectivity index (χ2n) is 3.50. The van der Waals surface area contributed by atoms with Gasteiger partial charge >= 0.3 is 6.18 Å². The van der Waals surface area contributed by atoms with E-state index in [0.717, 1.165) is 0 Å². The summed E-state index contributed by atoms with van der Waals surface area (Å²) in [4.78, 5) is 11.7. The van der Waals surface area contributed by atoms with Crippen molar-refractivity contribution in [2.75, 3.05) is 0 Å². The van der Waals surface area contributed by atoms with Crippen LogP contribution in [0.3, 0.4) is 0 Å². The number of hydrogen-bond acceptors (Lipinski definition) is 3. The Morgan fingerprint density at radius 2 is 1.89 bits per heavy atom. The number of halogens is 3. The lowest BCUT2D eigenvalue weighted by molar-refractivity contribution is -0.0605. The van der Waals surface area contributed by atoms with Gasteiger partial charge in [-0.25, -0.2) is 0 Å². The summed E-state index contributed by atoms with van der Waals surface area (Å²) in [5.74, 6) is -0.693. The summed E-state index contributed by atoms with van der Waals surface area (Å²) >= 11 is 4.35. The molecule has 3 N–H and O–H groups in total. The van der Waals surface area contributed by atoms with Gasteiger partial charge in [-0.05, 0) is 12.2 Å². The zero-order chi connectivity index (χ0) is 14.5. The van der Waals surface area contributed by atoms with Crippen molar-refractivity contribution < 1.29 is 18.0 Å². The van der Waals surface area contributed by atoms with Crippen LogP contribution in [0.2, 0.25) is 0 Å². The van der Waals surface area contributed by atoms with Crippen LogP contribution in [0.4, 0.5) is 13.2 Å². The number of ketones is 1. The summed E-state index contributed by atoms with van der Waals surface area (Å²) in [5.41, 5.74) is 5.71. The Morgan fingerprint density at radius 3 is 2.37 bits per heavy atom. The van der Waals surface area contributed by atoms with Crippen LogP contribution in [0.25, 0.3) is 0 Å². The van der Waals surface area contributed by atoms with E-state index in [-0.39, 0.29) is 5.56 Å². The Bertz CT molecular complexity index is 500. The Hall–Kier alpha value is -1.96. The summed E-state index contributed by atoms with van der Waals surface area (Å²) in [6.07, 6.45) is -5.62. The molecule has 0 aliphatic rings. The van der Waals surface area contributed by atoms with Gasteiger partial charge in [0.15, 0.2) is 10.9 Å². The average Bonchev–Trinajstić information content (AvgIpc) is 2.33. The fourth-order valence-corrected chi connectivity index (χ4v) is 1.25. The third-order valence-electron chi connectivity index (χ3n) is 2.05. The number of alkyl halides is 3. The SMILES string of the molecule is NC(=S)N/N=C(/CC(=O)c1ccccc1)C(F)(F)F. The number of nitrogens with one attached hydrogen (secondary N) is 1. The summed E-state index contributed by atoms with van der Waals surface area (Å²) < 4.78 is 37.9. The summed E-state index contributed by atoms with van der Waals surface area (Å²) in [6.45, 7) is 0. The van der Waals surface area contributed by atoms with Gasteiger partial charge in [0.05, 0.1) is 6.42 Å². The first kappa shape index (κ1) is 15.1. The highest BCUT2D eigenvalue weighted by molar-refractivity contribution is 7.80. The summed E-state index contributed by atoms with van der Waals surface area (Å²) in [6, 6.07) is 7.63. The normalized spacial score (nSPS) is 12.1. The number of Topliss-reactive ketones (excluding diaryl/α,β-unsaturated/α-hetero) is 1. The van der Waals surface area contributed by atoms with Gasteiger partial charge in [0, 0.05) is 5.56 Å². The van der Waals surface area contributed by atoms with Gasteiger partial charge in [0.1, 0.15) is 5.71 Å². The molecule has 0 saturated heterocycles. The second kappa shape index (κ2) is 6.28. The minimum absolute atomic E-state index is 0.176. The maximum Gasteiger partial charge on any atom is 0.431 e. The van der Waals surface area contributed by atoms with E-state index < -0.39 is 29.2 Å². The van der Waals surface area contributed by atoms with Crippen LogP contribution in [-0.4, -0.2) is 22.8 Å². The van der Waals surface area contributed by atoms with E-state index in [1.54, 1.807) is 18.2 Å². The highest BCUT2D eigenvalue weighted by atomic mass is 32.1. The number of hydrogen-bond donors (Lipinski definition) is 2. The molecule has 1 rings (SSSR count). The van der Waals surface area contributed by atoms with Gasteiger partial charge in [0.2, 0.25) is 0 Å². The number of thiocarbonyl (C=S) groups is 1. The van der Waals surface area contributed by atoms with Gasteiger partial charge in [-0.3, -0.25) is 10.2 Å². The van der Waals surface area contributed by atoms with Crippen LogP contribution >= 0.6 is 12.2 Å². The fourth-order valence-electron chi connectivity index (χ4n) is 1.20. The van der Waals surface area contributed by atoms with Crippen molar-refractivity contribution in [2.45, 2.75) is 12.6 Å². The van der Waals surface area contributed by atoms with Gasteiger partial charge in [-0.2, -0.15) is 18.3 Å². The minimum Gasteiger partial charge on any atom is -0.375 e. The van der Waals surface area contributed by atoms with Crippen LogP contribution in [0.15, 0.2) is 35.4 Å². The topological polar surface area (TPSA) is 67.5 Å². The third-order valence-corrected chi connectivity index (χ3v) is 2.14.